The molecule has 170 valence electrons. The predicted molar refractivity (Wildman–Crippen MR) is 128 cm³/mol. The van der Waals surface area contributed by atoms with Gasteiger partial charge in [0.15, 0.2) is 6.19 Å². The molecule has 1 fully saturated rings. The lowest BCUT2D eigenvalue weighted by atomic mass is 9.85. The number of nitrogens with zero attached hydrogens (tertiary/aromatic N) is 4. The van der Waals surface area contributed by atoms with Gasteiger partial charge in [0.1, 0.15) is 22.9 Å². The van der Waals surface area contributed by atoms with Crippen LogP contribution in [-0.2, 0) is 0 Å². The smallest absolute Gasteiger partial charge is 0.248 e. The van der Waals surface area contributed by atoms with Crippen molar-refractivity contribution in [3.63, 3.8) is 0 Å². The van der Waals surface area contributed by atoms with Crippen molar-refractivity contribution in [1.82, 2.24) is 19.7 Å². The summed E-state index contributed by atoms with van der Waals surface area (Å²) in [5.41, 5.74) is 14.3. The minimum absolute atomic E-state index is 0.236. The van der Waals surface area contributed by atoms with E-state index in [1.807, 2.05) is 56.6 Å². The molecule has 4 rings (SSSR count). The molecule has 0 saturated heterocycles. The number of carbonyl (C=O) groups excluding carboxylic acids is 1. The van der Waals surface area contributed by atoms with E-state index in [-0.39, 0.29) is 12.0 Å². The molecule has 1 aliphatic rings. The van der Waals surface area contributed by atoms with Gasteiger partial charge in [-0.3, -0.25) is 9.20 Å². The summed E-state index contributed by atoms with van der Waals surface area (Å²) in [6, 6.07) is 7.26. The van der Waals surface area contributed by atoms with Crippen molar-refractivity contribution in [2.45, 2.75) is 65.3 Å². The van der Waals surface area contributed by atoms with E-state index in [0.717, 1.165) is 48.3 Å². The standard InChI is InChI=1S/C20H21N7O.2C2H6/c21-11-25-15-7-5-14(6-8-15)20-26-16(17-18(22)24-9-10-27(17)20)12-1-3-13(4-2-12)19(23)28;2*1-2/h1-4,9-10,14-15,25H,5-8H2,(H2,22,24)(H2,23,28);2*1-2H3. The van der Waals surface area contributed by atoms with Gasteiger partial charge in [0.2, 0.25) is 5.91 Å². The number of amides is 1. The van der Waals surface area contributed by atoms with E-state index in [4.69, 9.17) is 21.7 Å². The van der Waals surface area contributed by atoms with Crippen LogP contribution in [0.2, 0.25) is 0 Å². The Kier molecular flexibility index (Phi) is 9.02. The Hall–Kier alpha value is -3.60. The Morgan fingerprint density at radius 2 is 1.75 bits per heavy atom. The monoisotopic (exact) mass is 435 g/mol. The van der Waals surface area contributed by atoms with Gasteiger partial charge in [-0.2, -0.15) is 5.26 Å². The normalized spacial score (nSPS) is 17.2. The molecule has 0 atom stereocenters. The molecule has 32 heavy (non-hydrogen) atoms. The largest absolute Gasteiger partial charge is 0.382 e. The summed E-state index contributed by atoms with van der Waals surface area (Å²) in [5, 5.41) is 11.7. The van der Waals surface area contributed by atoms with Crippen LogP contribution < -0.4 is 16.8 Å². The fourth-order valence-electron chi connectivity index (χ4n) is 3.96. The van der Waals surface area contributed by atoms with Crippen LogP contribution in [0.5, 0.6) is 0 Å². The first-order chi connectivity index (χ1) is 15.6. The molecule has 0 spiro atoms. The second-order valence-corrected chi connectivity index (χ2v) is 7.10. The molecule has 0 radical (unpaired) electrons. The van der Waals surface area contributed by atoms with Crippen LogP contribution in [0, 0.1) is 11.5 Å². The van der Waals surface area contributed by atoms with E-state index < -0.39 is 5.91 Å². The van der Waals surface area contributed by atoms with Crippen molar-refractivity contribution in [2.24, 2.45) is 5.73 Å². The quantitative estimate of drug-likeness (QED) is 0.414. The number of nitrogens with two attached hydrogens (primary N) is 2. The minimum Gasteiger partial charge on any atom is -0.382 e. The number of benzene rings is 1. The van der Waals surface area contributed by atoms with Crippen molar-refractivity contribution in [3.8, 4) is 17.5 Å². The van der Waals surface area contributed by atoms with E-state index in [0.29, 0.717) is 11.4 Å². The fourth-order valence-corrected chi connectivity index (χ4v) is 3.96. The van der Waals surface area contributed by atoms with E-state index in [2.05, 4.69) is 10.3 Å². The van der Waals surface area contributed by atoms with Crippen LogP contribution in [0.4, 0.5) is 5.82 Å². The third kappa shape index (κ3) is 5.17. The lowest BCUT2D eigenvalue weighted by Gasteiger charge is -2.26. The second kappa shape index (κ2) is 11.7. The highest BCUT2D eigenvalue weighted by atomic mass is 16.1. The van der Waals surface area contributed by atoms with E-state index >= 15 is 0 Å². The highest BCUT2D eigenvalue weighted by Gasteiger charge is 2.27. The molecule has 0 unspecified atom stereocenters. The van der Waals surface area contributed by atoms with Crippen molar-refractivity contribution in [2.75, 3.05) is 5.73 Å². The lowest BCUT2D eigenvalue weighted by molar-refractivity contribution is 0.100. The molecule has 8 nitrogen and oxygen atoms in total. The number of nitriles is 1. The van der Waals surface area contributed by atoms with E-state index in [9.17, 15) is 4.79 Å². The maximum atomic E-state index is 11.3. The number of primary amides is 1. The summed E-state index contributed by atoms with van der Waals surface area (Å²) in [5.74, 6) is 1.18. The number of nitrogens with one attached hydrogen (secondary N) is 1. The fraction of sp³-hybridized carbons (Fsp3) is 0.417. The molecule has 5 N–H and O–H groups in total. The highest BCUT2D eigenvalue weighted by molar-refractivity contribution is 5.94. The third-order valence-corrected chi connectivity index (χ3v) is 5.41. The van der Waals surface area contributed by atoms with Crippen LogP contribution in [-0.4, -0.2) is 26.3 Å². The van der Waals surface area contributed by atoms with Gasteiger partial charge in [-0.15, -0.1) is 0 Å². The SMILES string of the molecule is CC.CC.N#CNC1CCC(c2nc(-c3ccc(C(N)=O)cc3)c3c(N)nccn23)CC1. The van der Waals surface area contributed by atoms with Gasteiger partial charge in [0.05, 0.1) is 0 Å². The van der Waals surface area contributed by atoms with Gasteiger partial charge < -0.3 is 16.8 Å². The Morgan fingerprint density at radius 1 is 1.12 bits per heavy atom. The average molecular weight is 436 g/mol. The van der Waals surface area contributed by atoms with Gasteiger partial charge in [0.25, 0.3) is 0 Å². The van der Waals surface area contributed by atoms with Crippen LogP contribution in [0.25, 0.3) is 16.8 Å². The second-order valence-electron chi connectivity index (χ2n) is 7.10. The average Bonchev–Trinajstić information content (AvgIpc) is 3.23. The Morgan fingerprint density at radius 3 is 2.31 bits per heavy atom. The molecule has 2 heterocycles. The summed E-state index contributed by atoms with van der Waals surface area (Å²) >= 11 is 0. The van der Waals surface area contributed by atoms with Gasteiger partial charge >= 0.3 is 0 Å². The molecule has 1 amide bonds. The van der Waals surface area contributed by atoms with Crippen molar-refractivity contribution < 1.29 is 4.79 Å². The summed E-state index contributed by atoms with van der Waals surface area (Å²) in [7, 11) is 0. The number of aromatic nitrogens is 3. The zero-order valence-corrected chi connectivity index (χ0v) is 19.3. The lowest BCUT2D eigenvalue weighted by Crippen LogP contribution is -2.29. The highest BCUT2D eigenvalue weighted by Crippen LogP contribution is 2.36. The zero-order chi connectivity index (χ0) is 23.7. The Balaban J connectivity index is 0.000000860. The minimum atomic E-state index is -0.467. The van der Waals surface area contributed by atoms with Gasteiger partial charge in [-0.25, -0.2) is 9.97 Å². The maximum absolute atomic E-state index is 11.3. The van der Waals surface area contributed by atoms with Gasteiger partial charge in [0, 0.05) is 35.5 Å². The number of hydrogen-bond acceptors (Lipinski definition) is 6. The van der Waals surface area contributed by atoms with Crippen molar-refractivity contribution >= 4 is 17.2 Å². The Bertz CT molecular complexity index is 1060. The predicted octanol–water partition coefficient (Wildman–Crippen LogP) is 4.23. The molecule has 0 bridgehead atoms. The Labute approximate surface area is 189 Å². The van der Waals surface area contributed by atoms with Crippen LogP contribution >= 0.6 is 0 Å². The number of fused-ring (bicyclic) bond motifs is 1. The van der Waals surface area contributed by atoms with E-state index in [1.54, 1.807) is 18.3 Å². The number of rotatable bonds is 4. The first-order valence-corrected chi connectivity index (χ1v) is 11.3. The molecule has 1 aliphatic carbocycles. The summed E-state index contributed by atoms with van der Waals surface area (Å²) in [4.78, 5) is 20.5. The summed E-state index contributed by atoms with van der Waals surface area (Å²) in [6.07, 6.45) is 9.34. The van der Waals surface area contributed by atoms with Crippen LogP contribution in [0.3, 0.4) is 0 Å². The first kappa shape index (κ1) is 24.7. The molecule has 3 aromatic rings. The topological polar surface area (TPSA) is 135 Å². The van der Waals surface area contributed by atoms with Gasteiger partial charge in [-0.1, -0.05) is 39.8 Å². The number of nitrogen functional groups attached to an aromatic ring is 1. The number of carbonyl (C=O) groups is 1. The number of hydrogen-bond donors (Lipinski definition) is 3. The van der Waals surface area contributed by atoms with Crippen molar-refractivity contribution in [3.05, 3.63) is 48.0 Å². The molecule has 1 aromatic carbocycles. The first-order valence-electron chi connectivity index (χ1n) is 11.3. The number of imidazole rings is 1. The molecule has 0 aliphatic heterocycles. The zero-order valence-electron chi connectivity index (χ0n) is 19.3. The molecular weight excluding hydrogens is 402 g/mol. The molecule has 1 saturated carbocycles. The molecular formula is C24H33N7O. The maximum Gasteiger partial charge on any atom is 0.248 e. The van der Waals surface area contributed by atoms with Crippen molar-refractivity contribution in [1.29, 1.82) is 5.26 Å². The van der Waals surface area contributed by atoms with E-state index in [1.165, 1.54) is 0 Å². The molecule has 2 aromatic heterocycles. The van der Waals surface area contributed by atoms with Gasteiger partial charge in [-0.05, 0) is 37.8 Å². The summed E-state index contributed by atoms with van der Waals surface area (Å²) < 4.78 is 2.02. The summed E-state index contributed by atoms with van der Waals surface area (Å²) in [6.45, 7) is 8.00. The number of anilines is 1. The van der Waals surface area contributed by atoms with Crippen LogP contribution in [0.15, 0.2) is 36.7 Å². The molecule has 8 heteroatoms. The third-order valence-electron chi connectivity index (χ3n) is 5.41. The van der Waals surface area contributed by atoms with Crippen LogP contribution in [0.1, 0.15) is 75.5 Å².